The fraction of sp³-hybridized carbons (Fsp3) is 0.0345. The van der Waals surface area contributed by atoms with E-state index in [2.05, 4.69) is 170 Å². The maximum absolute atomic E-state index is 7.46. The summed E-state index contributed by atoms with van der Waals surface area (Å²) in [5.74, 6) is 5.08. The molecule has 0 atom stereocenters. The monoisotopic (exact) mass is 1020 g/mol. The number of fused-ring (bicyclic) bond motifs is 5. The zero-order chi connectivity index (χ0) is 40.9. The molecule has 10 rings (SSSR count). The van der Waals surface area contributed by atoms with E-state index in [1.54, 1.807) is 0 Å². The molecule has 0 N–H and O–H groups in total. The van der Waals surface area contributed by atoms with Gasteiger partial charge in [0.15, 0.2) is 0 Å². The Labute approximate surface area is 400 Å². The van der Waals surface area contributed by atoms with Gasteiger partial charge in [-0.1, -0.05) is 186 Å². The van der Waals surface area contributed by atoms with Crippen LogP contribution in [0.2, 0.25) is 0 Å². The standard InChI is InChI=1S/C26H24P2.2C16H9.2Ag/c1-5-13-23(14-6-1)27(24-15-7-2-8-16-24)21-22-28(25-17-9-3-10-18-25)26-19-11-4-12-20-26;1-2-14-15-9-5-3-7-12(15)11-13-8-4-6-10-16(13)14;1-2-12-11-13-7-3-4-9-15(13)16-10-6-5-8-14(12)16;;/h1-20H,21-22H2;2*3-11H;;/q;2*-1;2*+1/p+2. The van der Waals surface area contributed by atoms with Crippen molar-refractivity contribution in [3.8, 4) is 11.8 Å². The smallest absolute Gasteiger partial charge is 0.366 e. The Morgan fingerprint density at radius 3 is 0.984 bits per heavy atom. The predicted molar refractivity (Wildman–Crippen MR) is 266 cm³/mol. The van der Waals surface area contributed by atoms with Crippen LogP contribution in [0, 0.1) is 24.7 Å². The van der Waals surface area contributed by atoms with Crippen LogP contribution >= 0.6 is 15.8 Å². The second kappa shape index (κ2) is 23.2. The Kier molecular flexibility index (Phi) is 17.3. The molecule has 0 unspecified atom stereocenters. The predicted octanol–water partition coefficient (Wildman–Crippen LogP) is 12.6. The minimum absolute atomic E-state index is 0. The van der Waals surface area contributed by atoms with E-state index in [1.165, 1.54) is 44.3 Å². The van der Waals surface area contributed by atoms with Gasteiger partial charge in [0.1, 0.15) is 12.3 Å². The number of hydrogen-bond acceptors (Lipinski definition) is 0. The molecule has 0 nitrogen and oxygen atoms in total. The van der Waals surface area contributed by atoms with Crippen molar-refractivity contribution in [2.75, 3.05) is 12.3 Å². The van der Waals surface area contributed by atoms with Crippen molar-refractivity contribution in [3.05, 3.63) is 254 Å². The van der Waals surface area contributed by atoms with Crippen molar-refractivity contribution in [2.24, 2.45) is 0 Å². The fourth-order valence-electron chi connectivity index (χ4n) is 8.02. The molecule has 0 aliphatic rings. The van der Waals surface area contributed by atoms with Crippen LogP contribution in [-0.2, 0) is 44.8 Å². The van der Waals surface area contributed by atoms with Crippen LogP contribution in [0.5, 0.6) is 0 Å². The Morgan fingerprint density at radius 2 is 0.613 bits per heavy atom. The number of hydrogen-bond donors (Lipinski definition) is 0. The third-order valence-corrected chi connectivity index (χ3v) is 17.0. The SMILES string of the molecule is [Ag+].[Ag+].[C-]#Cc1c2ccccc2cc2ccccc12.[C-]#Cc1cc2ccccc2c2ccccc12.c1ccc([PH+](CC[PH+](c2ccccc2)c2ccccc2)c2ccccc2)cc1. The van der Waals surface area contributed by atoms with E-state index in [0.717, 1.165) is 43.4 Å². The molecule has 0 aliphatic carbocycles. The second-order valence-electron chi connectivity index (χ2n) is 14.6. The van der Waals surface area contributed by atoms with Crippen molar-refractivity contribution in [3.63, 3.8) is 0 Å². The molecule has 0 saturated heterocycles. The van der Waals surface area contributed by atoms with Crippen LogP contribution in [-0.4, -0.2) is 12.3 Å². The largest absolute Gasteiger partial charge is 1.00 e. The zero-order valence-electron chi connectivity index (χ0n) is 34.0. The molecule has 10 aromatic rings. The summed E-state index contributed by atoms with van der Waals surface area (Å²) >= 11 is 0. The Balaban J connectivity index is 0.000000162. The van der Waals surface area contributed by atoms with Gasteiger partial charge >= 0.3 is 44.8 Å². The first-order chi connectivity index (χ1) is 29.7. The van der Waals surface area contributed by atoms with Crippen LogP contribution in [0.4, 0.5) is 0 Å². The average molecular weight is 1020 g/mol. The first-order valence-corrected chi connectivity index (χ1v) is 23.7. The topological polar surface area (TPSA) is 0 Å². The van der Waals surface area contributed by atoms with Gasteiger partial charge in [0, 0.05) is 0 Å². The zero-order valence-corrected chi connectivity index (χ0v) is 38.9. The first-order valence-electron chi connectivity index (χ1n) is 20.3. The van der Waals surface area contributed by atoms with Gasteiger partial charge < -0.3 is 12.8 Å². The minimum atomic E-state index is -0.783. The van der Waals surface area contributed by atoms with Crippen LogP contribution in [0.3, 0.4) is 0 Å². The molecular formula is C58H44Ag2P2+2. The summed E-state index contributed by atoms with van der Waals surface area (Å²) in [5.41, 5.74) is 1.74. The first kappa shape index (κ1) is 46.2. The average Bonchev–Trinajstić information content (AvgIpc) is 3.33. The molecule has 0 spiro atoms. The number of benzene rings is 10. The van der Waals surface area contributed by atoms with Crippen molar-refractivity contribution >= 4 is 80.2 Å². The van der Waals surface area contributed by atoms with Crippen LogP contribution in [0.1, 0.15) is 11.1 Å². The molecule has 10 aromatic carbocycles. The van der Waals surface area contributed by atoms with Crippen LogP contribution < -0.4 is 21.2 Å². The van der Waals surface area contributed by atoms with E-state index < -0.39 is 15.8 Å². The van der Waals surface area contributed by atoms with Gasteiger partial charge in [-0.25, -0.2) is 0 Å². The Morgan fingerprint density at radius 1 is 0.306 bits per heavy atom. The van der Waals surface area contributed by atoms with Crippen molar-refractivity contribution < 1.29 is 44.8 Å². The summed E-state index contributed by atoms with van der Waals surface area (Å²) in [6.07, 6.45) is 17.3. The molecule has 0 saturated carbocycles. The normalized spacial score (nSPS) is 10.4. The molecule has 0 amide bonds. The summed E-state index contributed by atoms with van der Waals surface area (Å²) in [4.78, 5) is 0. The van der Waals surface area contributed by atoms with E-state index in [4.69, 9.17) is 12.8 Å². The van der Waals surface area contributed by atoms with Gasteiger partial charge in [-0.05, 0) is 81.5 Å². The van der Waals surface area contributed by atoms with Gasteiger partial charge in [-0.3, -0.25) is 11.8 Å². The van der Waals surface area contributed by atoms with E-state index in [9.17, 15) is 0 Å². The van der Waals surface area contributed by atoms with Crippen LogP contribution in [0.15, 0.2) is 231 Å². The van der Waals surface area contributed by atoms with Gasteiger partial charge in [0.05, 0.1) is 37.1 Å². The molecule has 0 heterocycles. The maximum Gasteiger partial charge on any atom is 1.00 e. The van der Waals surface area contributed by atoms with Gasteiger partial charge in [-0.15, -0.1) is 17.2 Å². The molecular weight excluding hydrogens is 974 g/mol. The van der Waals surface area contributed by atoms with E-state index in [1.807, 2.05) is 72.8 Å². The van der Waals surface area contributed by atoms with Crippen molar-refractivity contribution in [2.45, 2.75) is 0 Å². The summed E-state index contributed by atoms with van der Waals surface area (Å²) < 4.78 is 0. The third kappa shape index (κ3) is 11.0. The Bertz CT molecular complexity index is 2830. The van der Waals surface area contributed by atoms with Gasteiger partial charge in [0.2, 0.25) is 0 Å². The van der Waals surface area contributed by atoms with Gasteiger partial charge in [-0.2, -0.15) is 0 Å². The molecule has 0 bridgehead atoms. The third-order valence-electron chi connectivity index (χ3n) is 10.9. The van der Waals surface area contributed by atoms with E-state index in [0.29, 0.717) is 0 Å². The molecule has 0 radical (unpaired) electrons. The molecule has 0 fully saturated rings. The van der Waals surface area contributed by atoms with E-state index >= 15 is 0 Å². The summed E-state index contributed by atoms with van der Waals surface area (Å²) in [6, 6.07) is 81.4. The molecule has 0 aliphatic heterocycles. The quantitative estimate of drug-likeness (QED) is 0.0373. The fourth-order valence-corrected chi connectivity index (χ4v) is 14.2. The van der Waals surface area contributed by atoms with Crippen LogP contribution in [0.25, 0.3) is 43.1 Å². The molecule has 62 heavy (non-hydrogen) atoms. The molecule has 0 aromatic heterocycles. The molecule has 4 heteroatoms. The summed E-state index contributed by atoms with van der Waals surface area (Å²) in [7, 11) is -1.57. The van der Waals surface area contributed by atoms with Gasteiger partial charge in [0.25, 0.3) is 0 Å². The van der Waals surface area contributed by atoms with E-state index in [-0.39, 0.29) is 44.8 Å². The van der Waals surface area contributed by atoms with Crippen molar-refractivity contribution in [1.82, 2.24) is 0 Å². The van der Waals surface area contributed by atoms with Crippen molar-refractivity contribution in [1.29, 1.82) is 0 Å². The minimum Gasteiger partial charge on any atom is -0.366 e. The second-order valence-corrected chi connectivity index (χ2v) is 19.8. The summed E-state index contributed by atoms with van der Waals surface area (Å²) in [6.45, 7) is 0. The summed E-state index contributed by atoms with van der Waals surface area (Å²) in [5, 5.41) is 15.3. The maximum atomic E-state index is 7.46. The Hall–Kier alpha value is -5.30. The molecule has 306 valence electrons. The number of rotatable bonds is 7.